The lowest BCUT2D eigenvalue weighted by atomic mass is 10.2. The molecule has 1 aromatic carbocycles. The molecule has 0 saturated carbocycles. The molecule has 0 bridgehead atoms. The maximum Gasteiger partial charge on any atom is 0.236 e. The lowest BCUT2D eigenvalue weighted by Crippen LogP contribution is -1.95. The van der Waals surface area contributed by atoms with Crippen molar-refractivity contribution < 1.29 is 8.42 Å². The second kappa shape index (κ2) is 4.30. The van der Waals surface area contributed by atoms with Crippen LogP contribution in [-0.2, 0) is 14.8 Å². The average Bonchev–Trinajstić information content (AvgIpc) is 2.06. The van der Waals surface area contributed by atoms with Crippen molar-refractivity contribution in [1.29, 1.82) is 5.26 Å². The predicted molar refractivity (Wildman–Crippen MR) is 57.3 cm³/mol. The maximum absolute atomic E-state index is 10.8. The fourth-order valence-electron chi connectivity index (χ4n) is 0.947. The highest BCUT2D eigenvalue weighted by Gasteiger charge is 2.08. The van der Waals surface area contributed by atoms with Crippen molar-refractivity contribution in [3.05, 3.63) is 33.8 Å². The van der Waals surface area contributed by atoms with E-state index in [1.54, 1.807) is 12.1 Å². The largest absolute Gasteiger partial charge is 0.236 e. The molecule has 14 heavy (non-hydrogen) atoms. The molecular weight excluding hydrogens is 290 g/mol. The van der Waals surface area contributed by atoms with Crippen LogP contribution in [0.5, 0.6) is 0 Å². The van der Waals surface area contributed by atoms with Crippen LogP contribution in [0.25, 0.3) is 0 Å². The summed E-state index contributed by atoms with van der Waals surface area (Å²) in [6.45, 7) is 0. The standard InChI is InChI=1S/C8H5BrClNO2S/c9-8-2-1-6(3-7(8)4-11)5-14(10,12)13/h1-3H,5H2. The minimum Gasteiger partial charge on any atom is -0.212 e. The minimum atomic E-state index is -3.57. The van der Waals surface area contributed by atoms with Gasteiger partial charge in [0.2, 0.25) is 9.05 Å². The van der Waals surface area contributed by atoms with E-state index >= 15 is 0 Å². The summed E-state index contributed by atoms with van der Waals surface area (Å²) in [5.74, 6) is -0.267. The van der Waals surface area contributed by atoms with Gasteiger partial charge in [0.25, 0.3) is 0 Å². The van der Waals surface area contributed by atoms with Crippen molar-refractivity contribution in [3.63, 3.8) is 0 Å². The van der Waals surface area contributed by atoms with Crippen molar-refractivity contribution in [2.24, 2.45) is 0 Å². The highest BCUT2D eigenvalue weighted by atomic mass is 79.9. The molecular formula is C8H5BrClNO2S. The Morgan fingerprint density at radius 3 is 2.64 bits per heavy atom. The van der Waals surface area contributed by atoms with Gasteiger partial charge in [-0.05, 0) is 33.6 Å². The molecule has 0 aliphatic carbocycles. The third-order valence-electron chi connectivity index (χ3n) is 1.49. The molecule has 0 heterocycles. The Balaban J connectivity index is 3.09. The van der Waals surface area contributed by atoms with E-state index < -0.39 is 9.05 Å². The van der Waals surface area contributed by atoms with Gasteiger partial charge < -0.3 is 0 Å². The number of hydrogen-bond acceptors (Lipinski definition) is 3. The fourth-order valence-corrected chi connectivity index (χ4v) is 2.24. The van der Waals surface area contributed by atoms with Gasteiger partial charge in [-0.25, -0.2) is 8.42 Å². The van der Waals surface area contributed by atoms with Crippen molar-refractivity contribution in [1.82, 2.24) is 0 Å². The molecule has 0 aliphatic rings. The molecule has 0 saturated heterocycles. The van der Waals surface area contributed by atoms with Gasteiger partial charge in [0.15, 0.2) is 0 Å². The summed E-state index contributed by atoms with van der Waals surface area (Å²) in [7, 11) is 1.51. The monoisotopic (exact) mass is 293 g/mol. The SMILES string of the molecule is N#Cc1cc(CS(=O)(=O)Cl)ccc1Br. The summed E-state index contributed by atoms with van der Waals surface area (Å²) in [6.07, 6.45) is 0. The Labute approximate surface area is 94.9 Å². The number of rotatable bonds is 2. The van der Waals surface area contributed by atoms with E-state index in [2.05, 4.69) is 15.9 Å². The molecule has 0 aliphatic heterocycles. The third-order valence-corrected chi connectivity index (χ3v) is 3.19. The first-order valence-electron chi connectivity index (χ1n) is 3.53. The molecule has 1 rings (SSSR count). The molecule has 0 spiro atoms. The van der Waals surface area contributed by atoms with Gasteiger partial charge in [-0.1, -0.05) is 6.07 Å². The Hall–Kier alpha value is -0.570. The molecule has 0 radical (unpaired) electrons. The van der Waals surface area contributed by atoms with E-state index in [0.29, 0.717) is 15.6 Å². The number of halogens is 2. The van der Waals surface area contributed by atoms with E-state index in [0.717, 1.165) is 0 Å². The van der Waals surface area contributed by atoms with Crippen molar-refractivity contribution in [2.45, 2.75) is 5.75 Å². The first kappa shape index (κ1) is 11.5. The number of benzene rings is 1. The minimum absolute atomic E-state index is 0.267. The van der Waals surface area contributed by atoms with Crippen molar-refractivity contribution in [2.75, 3.05) is 0 Å². The van der Waals surface area contributed by atoms with Gasteiger partial charge in [-0.3, -0.25) is 0 Å². The molecule has 0 unspecified atom stereocenters. The Bertz CT molecular complexity index is 493. The second-order valence-electron chi connectivity index (χ2n) is 2.61. The van der Waals surface area contributed by atoms with Gasteiger partial charge in [-0.15, -0.1) is 0 Å². The van der Waals surface area contributed by atoms with E-state index in [4.69, 9.17) is 15.9 Å². The number of hydrogen-bond donors (Lipinski definition) is 0. The van der Waals surface area contributed by atoms with E-state index in [-0.39, 0.29) is 5.75 Å². The van der Waals surface area contributed by atoms with E-state index in [9.17, 15) is 8.42 Å². The van der Waals surface area contributed by atoms with Crippen LogP contribution in [-0.4, -0.2) is 8.42 Å². The molecule has 0 amide bonds. The Kier molecular flexibility index (Phi) is 3.53. The van der Waals surface area contributed by atoms with Gasteiger partial charge in [0.05, 0.1) is 11.3 Å². The summed E-state index contributed by atoms with van der Waals surface area (Å²) in [5, 5.41) is 8.68. The highest BCUT2D eigenvalue weighted by molar-refractivity contribution is 9.10. The summed E-state index contributed by atoms with van der Waals surface area (Å²) in [4.78, 5) is 0. The van der Waals surface area contributed by atoms with Gasteiger partial charge in [0, 0.05) is 15.2 Å². The van der Waals surface area contributed by atoms with Crippen LogP contribution in [0.2, 0.25) is 0 Å². The quantitative estimate of drug-likeness (QED) is 0.787. The van der Waals surface area contributed by atoms with Crippen LogP contribution in [0.1, 0.15) is 11.1 Å². The summed E-state index contributed by atoms with van der Waals surface area (Å²) in [6, 6.07) is 6.65. The highest BCUT2D eigenvalue weighted by Crippen LogP contribution is 2.19. The van der Waals surface area contributed by atoms with Crippen LogP contribution in [0.3, 0.4) is 0 Å². The van der Waals surface area contributed by atoms with Gasteiger partial charge in [-0.2, -0.15) is 5.26 Å². The molecule has 74 valence electrons. The summed E-state index contributed by atoms with van der Waals surface area (Å²) in [5.41, 5.74) is 0.891. The van der Waals surface area contributed by atoms with Crippen LogP contribution in [0.15, 0.2) is 22.7 Å². The smallest absolute Gasteiger partial charge is 0.212 e. The molecule has 0 N–H and O–H groups in total. The van der Waals surface area contributed by atoms with E-state index in [1.165, 1.54) is 6.07 Å². The molecule has 6 heteroatoms. The molecule has 0 aromatic heterocycles. The number of nitrogens with zero attached hydrogens (tertiary/aromatic N) is 1. The van der Waals surface area contributed by atoms with Crippen LogP contribution in [0, 0.1) is 11.3 Å². The van der Waals surface area contributed by atoms with Crippen LogP contribution >= 0.6 is 26.6 Å². The molecule has 0 atom stereocenters. The topological polar surface area (TPSA) is 57.9 Å². The number of nitriles is 1. The van der Waals surface area contributed by atoms with Gasteiger partial charge >= 0.3 is 0 Å². The fraction of sp³-hybridized carbons (Fsp3) is 0.125. The zero-order chi connectivity index (χ0) is 10.8. The third kappa shape index (κ3) is 3.29. The molecule has 3 nitrogen and oxygen atoms in total. The molecule has 0 fully saturated rings. The normalized spacial score (nSPS) is 10.9. The van der Waals surface area contributed by atoms with Crippen LogP contribution < -0.4 is 0 Å². The first-order chi connectivity index (χ1) is 6.42. The lowest BCUT2D eigenvalue weighted by molar-refractivity contribution is 0.609. The Morgan fingerprint density at radius 1 is 1.50 bits per heavy atom. The zero-order valence-corrected chi connectivity index (χ0v) is 10.0. The first-order valence-corrected chi connectivity index (χ1v) is 6.80. The lowest BCUT2D eigenvalue weighted by Gasteiger charge is -1.99. The summed E-state index contributed by atoms with van der Waals surface area (Å²) < 4.78 is 22.1. The van der Waals surface area contributed by atoms with E-state index in [1.807, 2.05) is 6.07 Å². The van der Waals surface area contributed by atoms with Crippen molar-refractivity contribution >= 4 is 35.7 Å². The maximum atomic E-state index is 10.8. The Morgan fingerprint density at radius 2 is 2.14 bits per heavy atom. The van der Waals surface area contributed by atoms with Gasteiger partial charge in [0.1, 0.15) is 6.07 Å². The van der Waals surface area contributed by atoms with Crippen LogP contribution in [0.4, 0.5) is 0 Å². The summed E-state index contributed by atoms with van der Waals surface area (Å²) >= 11 is 3.17. The molecule has 1 aromatic rings. The average molecular weight is 295 g/mol. The zero-order valence-electron chi connectivity index (χ0n) is 6.87. The predicted octanol–water partition coefficient (Wildman–Crippen LogP) is 2.39. The van der Waals surface area contributed by atoms with Crippen molar-refractivity contribution in [3.8, 4) is 6.07 Å². The second-order valence-corrected chi connectivity index (χ2v) is 6.24.